The lowest BCUT2D eigenvalue weighted by Gasteiger charge is -2.20. The van der Waals surface area contributed by atoms with Gasteiger partial charge in [0.05, 0.1) is 26.4 Å². The number of hydrogen-bond acceptors (Lipinski definition) is 8. The van der Waals surface area contributed by atoms with Gasteiger partial charge in [-0.3, -0.25) is 13.8 Å². The number of aliphatic hydroxyl groups excluding tert-OH is 2. The smallest absolute Gasteiger partial charge is 0.457 e. The van der Waals surface area contributed by atoms with Gasteiger partial charge in [-0.1, -0.05) is 154 Å². The summed E-state index contributed by atoms with van der Waals surface area (Å²) in [5, 5.41) is 18.3. The van der Waals surface area contributed by atoms with E-state index in [1.54, 1.807) is 0 Å². The zero-order chi connectivity index (χ0) is 36.8. The first-order chi connectivity index (χ1) is 24.3. The number of carbonyl (C=O) groups is 1. The summed E-state index contributed by atoms with van der Waals surface area (Å²) >= 11 is 0. The number of phosphoric ester groups is 1. The van der Waals surface area contributed by atoms with Crippen LogP contribution in [0.15, 0.2) is 24.3 Å². The second kappa shape index (κ2) is 37.7. The van der Waals surface area contributed by atoms with Crippen LogP contribution in [-0.2, 0) is 27.9 Å². The molecule has 0 aliphatic carbocycles. The molecule has 0 amide bonds. The van der Waals surface area contributed by atoms with Crippen LogP contribution in [0.2, 0.25) is 0 Å². The van der Waals surface area contributed by atoms with Gasteiger partial charge >= 0.3 is 13.8 Å². The van der Waals surface area contributed by atoms with Crippen molar-refractivity contribution >= 4 is 13.8 Å². The van der Waals surface area contributed by atoms with Crippen molar-refractivity contribution in [3.8, 4) is 0 Å². The summed E-state index contributed by atoms with van der Waals surface area (Å²) in [4.78, 5) is 22.5. The fraction of sp³-hybridized carbons (Fsp3) is 0.875. The Kier molecular flexibility index (Phi) is 36.9. The molecular formula is C40H77O9P. The first-order valence-electron chi connectivity index (χ1n) is 20.3. The summed E-state index contributed by atoms with van der Waals surface area (Å²) in [5.41, 5.74) is 0. The molecule has 0 saturated carbocycles. The largest absolute Gasteiger partial charge is 0.472 e. The SMILES string of the molecule is CCCCC/C=C\C/C=C\CCCCCCCCCCOCC(COP(=O)(O)OCC(O)CO)OC(=O)CCCCCCCCCCCCC. The van der Waals surface area contributed by atoms with Crippen molar-refractivity contribution in [1.29, 1.82) is 0 Å². The van der Waals surface area contributed by atoms with Crippen molar-refractivity contribution in [3.63, 3.8) is 0 Å². The summed E-state index contributed by atoms with van der Waals surface area (Å²) in [6.07, 6.45) is 37.0. The summed E-state index contributed by atoms with van der Waals surface area (Å²) < 4.78 is 33.3. The topological polar surface area (TPSA) is 132 Å². The number of allylic oxidation sites excluding steroid dienone is 4. The molecule has 0 aromatic heterocycles. The van der Waals surface area contributed by atoms with Gasteiger partial charge in [0.25, 0.3) is 0 Å². The molecule has 0 aliphatic heterocycles. The van der Waals surface area contributed by atoms with E-state index in [0.717, 1.165) is 51.4 Å². The van der Waals surface area contributed by atoms with E-state index in [9.17, 15) is 19.4 Å². The van der Waals surface area contributed by atoms with Crippen LogP contribution in [0.4, 0.5) is 0 Å². The molecule has 0 radical (unpaired) electrons. The Morgan fingerprint density at radius 1 is 0.620 bits per heavy atom. The molecule has 3 N–H and O–H groups in total. The summed E-state index contributed by atoms with van der Waals surface area (Å²) in [5.74, 6) is -0.385. The van der Waals surface area contributed by atoms with Gasteiger partial charge in [0.2, 0.25) is 0 Å². The molecule has 3 atom stereocenters. The van der Waals surface area contributed by atoms with E-state index >= 15 is 0 Å². The molecule has 0 spiro atoms. The molecule has 9 nitrogen and oxygen atoms in total. The zero-order valence-corrected chi connectivity index (χ0v) is 33.0. The van der Waals surface area contributed by atoms with Crippen molar-refractivity contribution in [1.82, 2.24) is 0 Å². The molecule has 0 rings (SSSR count). The highest BCUT2D eigenvalue weighted by Crippen LogP contribution is 2.43. The first kappa shape index (κ1) is 48.9. The van der Waals surface area contributed by atoms with Crippen molar-refractivity contribution in [3.05, 3.63) is 24.3 Å². The highest BCUT2D eigenvalue weighted by Gasteiger charge is 2.26. The highest BCUT2D eigenvalue weighted by molar-refractivity contribution is 7.47. The normalized spacial score (nSPS) is 14.4. The van der Waals surface area contributed by atoms with Gasteiger partial charge in [0, 0.05) is 13.0 Å². The predicted octanol–water partition coefficient (Wildman–Crippen LogP) is 10.7. The molecule has 0 heterocycles. The Morgan fingerprint density at radius 2 is 1.08 bits per heavy atom. The van der Waals surface area contributed by atoms with Crippen LogP contribution in [0.3, 0.4) is 0 Å². The minimum Gasteiger partial charge on any atom is -0.457 e. The number of esters is 1. The van der Waals surface area contributed by atoms with Crippen LogP contribution >= 0.6 is 7.82 Å². The standard InChI is InChI=1S/C40H77O9P/c1-3-5-7-9-11-13-15-16-17-18-19-20-21-23-25-27-29-31-33-46-36-39(37-48-50(44,45)47-35-38(42)34-41)49-40(43)32-30-28-26-24-22-14-12-10-8-6-4-2/h11,13,16-17,38-39,41-42H,3-10,12,14-15,18-37H2,1-2H3,(H,44,45)/b13-11-,17-16-. The van der Waals surface area contributed by atoms with E-state index in [0.29, 0.717) is 6.61 Å². The maximum Gasteiger partial charge on any atom is 0.472 e. The van der Waals surface area contributed by atoms with E-state index in [1.807, 2.05) is 0 Å². The quantitative estimate of drug-likeness (QED) is 0.0244. The number of carbonyl (C=O) groups excluding carboxylic acids is 1. The average Bonchev–Trinajstić information content (AvgIpc) is 3.10. The zero-order valence-electron chi connectivity index (χ0n) is 32.1. The van der Waals surface area contributed by atoms with Gasteiger partial charge in [-0.2, -0.15) is 0 Å². The van der Waals surface area contributed by atoms with E-state index in [1.165, 1.54) is 109 Å². The average molecular weight is 733 g/mol. The molecule has 0 bridgehead atoms. The lowest BCUT2D eigenvalue weighted by Crippen LogP contribution is -2.29. The van der Waals surface area contributed by atoms with Crippen LogP contribution in [0.1, 0.15) is 181 Å². The molecule has 296 valence electrons. The minimum atomic E-state index is -4.51. The third-order valence-electron chi connectivity index (χ3n) is 8.64. The lowest BCUT2D eigenvalue weighted by molar-refractivity contribution is -0.154. The molecular weight excluding hydrogens is 655 g/mol. The van der Waals surface area contributed by atoms with Gasteiger partial charge in [-0.05, 0) is 44.9 Å². The Morgan fingerprint density at radius 3 is 1.64 bits per heavy atom. The number of hydrogen-bond donors (Lipinski definition) is 3. The number of rotatable bonds is 39. The first-order valence-corrected chi connectivity index (χ1v) is 21.8. The minimum absolute atomic E-state index is 0.0486. The van der Waals surface area contributed by atoms with Crippen molar-refractivity contribution in [2.45, 2.75) is 193 Å². The fourth-order valence-corrected chi connectivity index (χ4v) is 6.29. The van der Waals surface area contributed by atoms with Crippen molar-refractivity contribution < 1.29 is 43.0 Å². The Hall–Kier alpha value is -1.06. The molecule has 0 aliphatic rings. The number of unbranched alkanes of at least 4 members (excludes halogenated alkanes) is 21. The van der Waals surface area contributed by atoms with Crippen LogP contribution in [0.25, 0.3) is 0 Å². The molecule has 0 saturated heterocycles. The number of ether oxygens (including phenoxy) is 2. The monoisotopic (exact) mass is 733 g/mol. The summed E-state index contributed by atoms with van der Waals surface area (Å²) in [6.45, 7) is 3.48. The van der Waals surface area contributed by atoms with Crippen molar-refractivity contribution in [2.24, 2.45) is 0 Å². The Labute approximate surface area is 306 Å². The molecule has 0 aromatic rings. The molecule has 50 heavy (non-hydrogen) atoms. The fourth-order valence-electron chi connectivity index (χ4n) is 5.50. The molecule has 0 aromatic carbocycles. The van der Waals surface area contributed by atoms with Crippen LogP contribution in [-0.4, -0.2) is 66.3 Å². The third kappa shape index (κ3) is 36.7. The van der Waals surface area contributed by atoms with Crippen LogP contribution in [0.5, 0.6) is 0 Å². The van der Waals surface area contributed by atoms with Gasteiger partial charge in [0.1, 0.15) is 12.2 Å². The lowest BCUT2D eigenvalue weighted by atomic mass is 10.1. The third-order valence-corrected chi connectivity index (χ3v) is 9.59. The Balaban J connectivity index is 4.16. The molecule has 0 fully saturated rings. The van der Waals surface area contributed by atoms with Gasteiger partial charge in [-0.25, -0.2) is 4.57 Å². The number of aliphatic hydroxyl groups is 2. The number of phosphoric acid groups is 1. The predicted molar refractivity (Wildman–Crippen MR) is 205 cm³/mol. The second-order valence-corrected chi connectivity index (χ2v) is 15.1. The van der Waals surface area contributed by atoms with Crippen molar-refractivity contribution in [2.75, 3.05) is 33.0 Å². The van der Waals surface area contributed by atoms with Crippen LogP contribution in [0, 0.1) is 0 Å². The highest BCUT2D eigenvalue weighted by atomic mass is 31.2. The summed E-state index contributed by atoms with van der Waals surface area (Å²) in [6, 6.07) is 0. The maximum atomic E-state index is 12.5. The van der Waals surface area contributed by atoms with Gasteiger partial charge in [0.15, 0.2) is 0 Å². The maximum absolute atomic E-state index is 12.5. The van der Waals surface area contributed by atoms with E-state index in [4.69, 9.17) is 23.6 Å². The molecule has 3 unspecified atom stereocenters. The van der Waals surface area contributed by atoms with Crippen LogP contribution < -0.4 is 0 Å². The van der Waals surface area contributed by atoms with E-state index in [-0.39, 0.29) is 25.6 Å². The van der Waals surface area contributed by atoms with Gasteiger partial charge < -0.3 is 24.6 Å². The van der Waals surface area contributed by atoms with E-state index < -0.39 is 33.2 Å². The van der Waals surface area contributed by atoms with Gasteiger partial charge in [-0.15, -0.1) is 0 Å². The summed E-state index contributed by atoms with van der Waals surface area (Å²) in [7, 11) is -4.51. The second-order valence-electron chi connectivity index (χ2n) is 13.7. The van der Waals surface area contributed by atoms with E-state index in [2.05, 4.69) is 38.2 Å². The molecule has 10 heteroatoms. The Bertz CT molecular complexity index is 836.